The summed E-state index contributed by atoms with van der Waals surface area (Å²) in [5, 5.41) is 12.9. The molecule has 0 radical (unpaired) electrons. The molecular weight excluding hydrogens is 234 g/mol. The number of nitrogens with zero attached hydrogens (tertiary/aromatic N) is 3. The zero-order valence-electron chi connectivity index (χ0n) is 10.1. The average molecular weight is 247 g/mol. The highest BCUT2D eigenvalue weighted by Gasteiger charge is 2.21. The Kier molecular flexibility index (Phi) is 3.01. The topological polar surface area (TPSA) is 77.1 Å². The minimum atomic E-state index is -1.21. The van der Waals surface area contributed by atoms with E-state index in [2.05, 4.69) is 5.10 Å². The van der Waals surface area contributed by atoms with Gasteiger partial charge in [0.15, 0.2) is 0 Å². The van der Waals surface area contributed by atoms with E-state index in [-0.39, 0.29) is 11.9 Å². The van der Waals surface area contributed by atoms with Crippen molar-refractivity contribution in [3.63, 3.8) is 0 Å². The first-order valence-electron chi connectivity index (χ1n) is 5.52. The van der Waals surface area contributed by atoms with Crippen molar-refractivity contribution in [3.05, 3.63) is 46.6 Å². The minimum absolute atomic E-state index is 0.251. The third kappa shape index (κ3) is 1.92. The molecule has 0 saturated carbocycles. The van der Waals surface area contributed by atoms with Gasteiger partial charge in [0.25, 0.3) is 0 Å². The van der Waals surface area contributed by atoms with Crippen LogP contribution in [0.3, 0.4) is 0 Å². The van der Waals surface area contributed by atoms with Crippen molar-refractivity contribution in [2.24, 2.45) is 0 Å². The highest BCUT2D eigenvalue weighted by Crippen LogP contribution is 2.08. The SMILES string of the molecule is CC(C)n1c(C(=O)O)nn(-c2ccccc2)c1=O. The monoisotopic (exact) mass is 247 g/mol. The molecule has 0 bridgehead atoms. The number of benzene rings is 1. The Morgan fingerprint density at radius 1 is 1.28 bits per heavy atom. The van der Waals surface area contributed by atoms with Crippen molar-refractivity contribution < 1.29 is 9.90 Å². The van der Waals surface area contributed by atoms with Gasteiger partial charge in [-0.15, -0.1) is 5.10 Å². The van der Waals surface area contributed by atoms with Crippen molar-refractivity contribution in [3.8, 4) is 5.69 Å². The second-order valence-corrected chi connectivity index (χ2v) is 4.12. The van der Waals surface area contributed by atoms with Gasteiger partial charge in [0.2, 0.25) is 5.82 Å². The van der Waals surface area contributed by atoms with E-state index < -0.39 is 11.7 Å². The highest BCUT2D eigenvalue weighted by molar-refractivity contribution is 5.83. The number of carbonyl (C=O) groups is 1. The largest absolute Gasteiger partial charge is 0.475 e. The Labute approximate surface area is 103 Å². The molecule has 2 aromatic rings. The van der Waals surface area contributed by atoms with Crippen LogP contribution >= 0.6 is 0 Å². The molecule has 6 heteroatoms. The quantitative estimate of drug-likeness (QED) is 0.887. The molecular formula is C12H13N3O3. The fourth-order valence-corrected chi connectivity index (χ4v) is 1.73. The lowest BCUT2D eigenvalue weighted by molar-refractivity contribution is 0.0675. The Bertz CT molecular complexity index is 626. The van der Waals surface area contributed by atoms with Crippen molar-refractivity contribution >= 4 is 5.97 Å². The lowest BCUT2D eigenvalue weighted by atomic mass is 10.3. The van der Waals surface area contributed by atoms with Crippen LogP contribution in [0.4, 0.5) is 0 Å². The van der Waals surface area contributed by atoms with Gasteiger partial charge >= 0.3 is 11.7 Å². The molecule has 0 saturated heterocycles. The van der Waals surface area contributed by atoms with Gasteiger partial charge in [0.1, 0.15) is 0 Å². The predicted molar refractivity (Wildman–Crippen MR) is 65.2 cm³/mol. The first-order chi connectivity index (χ1) is 8.52. The first-order valence-corrected chi connectivity index (χ1v) is 5.52. The number of hydrogen-bond donors (Lipinski definition) is 1. The molecule has 0 aliphatic heterocycles. The average Bonchev–Trinajstić information content (AvgIpc) is 2.68. The van der Waals surface area contributed by atoms with E-state index in [9.17, 15) is 9.59 Å². The van der Waals surface area contributed by atoms with E-state index in [0.29, 0.717) is 5.69 Å². The Hall–Kier alpha value is -2.37. The summed E-state index contributed by atoms with van der Waals surface area (Å²) in [7, 11) is 0. The predicted octanol–water partition coefficient (Wildman–Crippen LogP) is 1.31. The van der Waals surface area contributed by atoms with Gasteiger partial charge in [0.05, 0.1) is 5.69 Å². The summed E-state index contributed by atoms with van der Waals surface area (Å²) in [6, 6.07) is 8.47. The molecule has 6 nitrogen and oxygen atoms in total. The number of aromatic carboxylic acids is 1. The smallest absolute Gasteiger partial charge is 0.374 e. The molecule has 1 aromatic heterocycles. The van der Waals surface area contributed by atoms with Crippen LogP contribution < -0.4 is 5.69 Å². The highest BCUT2D eigenvalue weighted by atomic mass is 16.4. The number of para-hydroxylation sites is 1. The van der Waals surface area contributed by atoms with Crippen LogP contribution in [-0.2, 0) is 0 Å². The van der Waals surface area contributed by atoms with Gasteiger partial charge in [-0.25, -0.2) is 9.59 Å². The van der Waals surface area contributed by atoms with Crippen LogP contribution in [0, 0.1) is 0 Å². The molecule has 0 amide bonds. The van der Waals surface area contributed by atoms with Crippen LogP contribution in [0.25, 0.3) is 5.69 Å². The molecule has 1 N–H and O–H groups in total. The number of hydrogen-bond acceptors (Lipinski definition) is 3. The van der Waals surface area contributed by atoms with Crippen molar-refractivity contribution in [1.29, 1.82) is 0 Å². The second-order valence-electron chi connectivity index (χ2n) is 4.12. The van der Waals surface area contributed by atoms with Crippen LogP contribution in [0.2, 0.25) is 0 Å². The van der Waals surface area contributed by atoms with Crippen LogP contribution in [-0.4, -0.2) is 25.4 Å². The maximum atomic E-state index is 12.1. The third-order valence-electron chi connectivity index (χ3n) is 2.52. The van der Waals surface area contributed by atoms with Crippen LogP contribution in [0.5, 0.6) is 0 Å². The summed E-state index contributed by atoms with van der Waals surface area (Å²) in [4.78, 5) is 23.2. The fourth-order valence-electron chi connectivity index (χ4n) is 1.73. The van der Waals surface area contributed by atoms with Gasteiger partial charge in [-0.05, 0) is 26.0 Å². The molecule has 0 fully saturated rings. The maximum absolute atomic E-state index is 12.1. The van der Waals surface area contributed by atoms with Gasteiger partial charge < -0.3 is 5.11 Å². The summed E-state index contributed by atoms with van der Waals surface area (Å²) in [5.74, 6) is -1.46. The number of rotatable bonds is 3. The zero-order valence-corrected chi connectivity index (χ0v) is 10.1. The molecule has 0 spiro atoms. The minimum Gasteiger partial charge on any atom is -0.475 e. The molecule has 1 heterocycles. The summed E-state index contributed by atoms with van der Waals surface area (Å²) in [5.41, 5.74) is 0.0954. The molecule has 1 aromatic carbocycles. The van der Waals surface area contributed by atoms with E-state index in [0.717, 1.165) is 9.25 Å². The first kappa shape index (κ1) is 12.1. The van der Waals surface area contributed by atoms with Gasteiger partial charge in [-0.3, -0.25) is 4.57 Å². The van der Waals surface area contributed by atoms with Crippen LogP contribution in [0.15, 0.2) is 35.1 Å². The number of carboxylic acid groups (broad SMARTS) is 1. The summed E-state index contributed by atoms with van der Waals surface area (Å²) < 4.78 is 2.26. The molecule has 18 heavy (non-hydrogen) atoms. The lowest BCUT2D eigenvalue weighted by Gasteiger charge is -2.05. The molecule has 0 atom stereocenters. The maximum Gasteiger partial charge on any atom is 0.374 e. The van der Waals surface area contributed by atoms with Gasteiger partial charge in [-0.1, -0.05) is 18.2 Å². The molecule has 2 rings (SSSR count). The second kappa shape index (κ2) is 4.48. The Morgan fingerprint density at radius 3 is 2.33 bits per heavy atom. The Morgan fingerprint density at radius 2 is 1.89 bits per heavy atom. The van der Waals surface area contributed by atoms with Gasteiger partial charge in [-0.2, -0.15) is 4.68 Å². The third-order valence-corrected chi connectivity index (χ3v) is 2.52. The molecule has 0 aliphatic carbocycles. The summed E-state index contributed by atoms with van der Waals surface area (Å²) in [6.07, 6.45) is 0. The normalized spacial score (nSPS) is 10.8. The van der Waals surface area contributed by atoms with Crippen molar-refractivity contribution in [2.45, 2.75) is 19.9 Å². The molecule has 0 unspecified atom stereocenters. The molecule has 94 valence electrons. The van der Waals surface area contributed by atoms with E-state index in [4.69, 9.17) is 5.11 Å². The fraction of sp³-hybridized carbons (Fsp3) is 0.250. The zero-order chi connectivity index (χ0) is 13.3. The van der Waals surface area contributed by atoms with Gasteiger partial charge in [0, 0.05) is 6.04 Å². The number of carboxylic acids is 1. The lowest BCUT2D eigenvalue weighted by Crippen LogP contribution is -2.26. The Balaban J connectivity index is 2.69. The van der Waals surface area contributed by atoms with Crippen molar-refractivity contribution in [2.75, 3.05) is 0 Å². The molecule has 0 aliphatic rings. The van der Waals surface area contributed by atoms with E-state index in [1.807, 2.05) is 6.07 Å². The standard InChI is InChI=1S/C12H13N3O3/c1-8(2)14-10(11(16)17)13-15(12(14)18)9-6-4-3-5-7-9/h3-8H,1-2H3,(H,16,17). The van der Waals surface area contributed by atoms with E-state index in [1.165, 1.54) is 0 Å². The van der Waals surface area contributed by atoms with Crippen molar-refractivity contribution in [1.82, 2.24) is 14.3 Å². The number of aromatic nitrogens is 3. The summed E-state index contributed by atoms with van der Waals surface area (Å²) >= 11 is 0. The van der Waals surface area contributed by atoms with Crippen LogP contribution in [0.1, 0.15) is 30.5 Å². The summed E-state index contributed by atoms with van der Waals surface area (Å²) in [6.45, 7) is 3.48. The van der Waals surface area contributed by atoms with E-state index >= 15 is 0 Å². The van der Waals surface area contributed by atoms with E-state index in [1.54, 1.807) is 38.1 Å².